The van der Waals surface area contributed by atoms with Crippen LogP contribution in [0.15, 0.2) is 47.4 Å². The van der Waals surface area contributed by atoms with Crippen LogP contribution in [0.25, 0.3) is 0 Å². The SMILES string of the molecule is CCn1cc(NC(C)Cc2ccc(Cl)cc2)ccc1=O. The zero-order valence-corrected chi connectivity index (χ0v) is 12.5. The molecule has 106 valence electrons. The number of benzene rings is 1. The Bertz CT molecular complexity index is 619. The van der Waals surface area contributed by atoms with Crippen LogP contribution in [0.5, 0.6) is 0 Å². The van der Waals surface area contributed by atoms with Gasteiger partial charge in [0.15, 0.2) is 0 Å². The molecule has 0 aliphatic carbocycles. The van der Waals surface area contributed by atoms with Crippen LogP contribution in [0.2, 0.25) is 5.02 Å². The lowest BCUT2D eigenvalue weighted by molar-refractivity contribution is 0.722. The molecule has 0 radical (unpaired) electrons. The fraction of sp³-hybridized carbons (Fsp3) is 0.312. The smallest absolute Gasteiger partial charge is 0.250 e. The molecule has 0 bridgehead atoms. The first-order valence-electron chi connectivity index (χ1n) is 6.80. The van der Waals surface area contributed by atoms with Crippen molar-refractivity contribution in [2.75, 3.05) is 5.32 Å². The number of halogens is 1. The third-order valence-corrected chi connectivity index (χ3v) is 3.44. The first-order chi connectivity index (χ1) is 9.58. The first-order valence-corrected chi connectivity index (χ1v) is 7.17. The van der Waals surface area contributed by atoms with E-state index in [0.29, 0.717) is 6.54 Å². The number of nitrogens with one attached hydrogen (secondary N) is 1. The van der Waals surface area contributed by atoms with Gasteiger partial charge in [0.25, 0.3) is 5.56 Å². The lowest BCUT2D eigenvalue weighted by atomic mass is 10.1. The molecule has 1 atom stereocenters. The highest BCUT2D eigenvalue weighted by molar-refractivity contribution is 6.30. The van der Waals surface area contributed by atoms with Gasteiger partial charge in [-0.2, -0.15) is 0 Å². The molecule has 1 N–H and O–H groups in total. The number of anilines is 1. The summed E-state index contributed by atoms with van der Waals surface area (Å²) in [7, 11) is 0. The van der Waals surface area contributed by atoms with E-state index in [-0.39, 0.29) is 11.6 Å². The molecule has 0 amide bonds. The van der Waals surface area contributed by atoms with Gasteiger partial charge in [0.05, 0.1) is 5.69 Å². The molecule has 3 nitrogen and oxygen atoms in total. The molecule has 0 saturated heterocycles. The van der Waals surface area contributed by atoms with Crippen LogP contribution in [0, 0.1) is 0 Å². The summed E-state index contributed by atoms with van der Waals surface area (Å²) in [4.78, 5) is 11.5. The zero-order valence-electron chi connectivity index (χ0n) is 11.8. The highest BCUT2D eigenvalue weighted by Gasteiger charge is 2.05. The quantitative estimate of drug-likeness (QED) is 0.913. The Morgan fingerprint density at radius 1 is 1.20 bits per heavy atom. The van der Waals surface area contributed by atoms with Crippen molar-refractivity contribution in [3.8, 4) is 0 Å². The van der Waals surface area contributed by atoms with Crippen LogP contribution in [-0.4, -0.2) is 10.6 Å². The molecule has 0 aliphatic heterocycles. The maximum absolute atomic E-state index is 11.5. The van der Waals surface area contributed by atoms with Crippen molar-refractivity contribution in [3.63, 3.8) is 0 Å². The lowest BCUT2D eigenvalue weighted by Gasteiger charge is -2.16. The molecule has 2 rings (SSSR count). The van der Waals surface area contributed by atoms with Crippen molar-refractivity contribution >= 4 is 17.3 Å². The van der Waals surface area contributed by atoms with Gasteiger partial charge in [0.2, 0.25) is 0 Å². The predicted molar refractivity (Wildman–Crippen MR) is 84.6 cm³/mol. The molecule has 0 fully saturated rings. The van der Waals surface area contributed by atoms with Crippen LogP contribution in [-0.2, 0) is 13.0 Å². The van der Waals surface area contributed by atoms with Crippen LogP contribution >= 0.6 is 11.6 Å². The van der Waals surface area contributed by atoms with E-state index in [2.05, 4.69) is 12.2 Å². The van der Waals surface area contributed by atoms with Gasteiger partial charge >= 0.3 is 0 Å². The van der Waals surface area contributed by atoms with Crippen molar-refractivity contribution < 1.29 is 0 Å². The number of pyridine rings is 1. The number of aromatic nitrogens is 1. The third kappa shape index (κ3) is 3.87. The average molecular weight is 291 g/mol. The molecule has 4 heteroatoms. The molecule has 1 aromatic heterocycles. The van der Waals surface area contributed by atoms with E-state index in [9.17, 15) is 4.79 Å². The number of hydrogen-bond acceptors (Lipinski definition) is 2. The van der Waals surface area contributed by atoms with Gasteiger partial charge in [-0.05, 0) is 44.0 Å². The Morgan fingerprint density at radius 3 is 2.55 bits per heavy atom. The molecular weight excluding hydrogens is 272 g/mol. The number of nitrogens with zero attached hydrogens (tertiary/aromatic N) is 1. The van der Waals surface area contributed by atoms with Gasteiger partial charge in [0.1, 0.15) is 0 Å². The summed E-state index contributed by atoms with van der Waals surface area (Å²) in [6.45, 7) is 4.76. The first kappa shape index (κ1) is 14.7. The maximum atomic E-state index is 11.5. The van der Waals surface area contributed by atoms with Gasteiger partial charge < -0.3 is 9.88 Å². The molecule has 1 heterocycles. The molecular formula is C16H19ClN2O. The Kier molecular flexibility index (Phi) is 4.85. The summed E-state index contributed by atoms with van der Waals surface area (Å²) in [5.41, 5.74) is 2.23. The second-order valence-electron chi connectivity index (χ2n) is 4.92. The van der Waals surface area contributed by atoms with E-state index in [4.69, 9.17) is 11.6 Å². The molecule has 20 heavy (non-hydrogen) atoms. The second kappa shape index (κ2) is 6.62. The van der Waals surface area contributed by atoms with E-state index < -0.39 is 0 Å². The third-order valence-electron chi connectivity index (χ3n) is 3.19. The van der Waals surface area contributed by atoms with Gasteiger partial charge in [-0.3, -0.25) is 4.79 Å². The summed E-state index contributed by atoms with van der Waals surface area (Å²) in [6.07, 6.45) is 2.77. The van der Waals surface area contributed by atoms with Crippen LogP contribution < -0.4 is 10.9 Å². The van der Waals surface area contributed by atoms with Crippen molar-refractivity contribution in [1.82, 2.24) is 4.57 Å². The fourth-order valence-electron chi connectivity index (χ4n) is 2.17. The molecule has 0 spiro atoms. The van der Waals surface area contributed by atoms with Gasteiger partial charge in [-0.1, -0.05) is 23.7 Å². The predicted octanol–water partition coefficient (Wildman–Crippen LogP) is 3.56. The highest BCUT2D eigenvalue weighted by atomic mass is 35.5. The van der Waals surface area contributed by atoms with Crippen molar-refractivity contribution in [3.05, 3.63) is 63.5 Å². The van der Waals surface area contributed by atoms with E-state index in [1.807, 2.05) is 43.5 Å². The Balaban J connectivity index is 2.02. The summed E-state index contributed by atoms with van der Waals surface area (Å²) in [5, 5.41) is 4.17. The summed E-state index contributed by atoms with van der Waals surface area (Å²) >= 11 is 5.88. The van der Waals surface area contributed by atoms with Crippen LogP contribution in [0.1, 0.15) is 19.4 Å². The molecule has 1 unspecified atom stereocenters. The van der Waals surface area contributed by atoms with Gasteiger partial charge in [0, 0.05) is 29.9 Å². The van der Waals surface area contributed by atoms with Crippen molar-refractivity contribution in [1.29, 1.82) is 0 Å². The molecule has 0 saturated carbocycles. The minimum Gasteiger partial charge on any atom is -0.381 e. The second-order valence-corrected chi connectivity index (χ2v) is 5.35. The van der Waals surface area contributed by atoms with Crippen molar-refractivity contribution in [2.45, 2.75) is 32.9 Å². The number of rotatable bonds is 5. The summed E-state index contributed by atoms with van der Waals surface area (Å²) < 4.78 is 1.69. The lowest BCUT2D eigenvalue weighted by Crippen LogP contribution is -2.22. The fourth-order valence-corrected chi connectivity index (χ4v) is 2.30. The summed E-state index contributed by atoms with van der Waals surface area (Å²) in [6, 6.07) is 11.6. The monoisotopic (exact) mass is 290 g/mol. The Hall–Kier alpha value is -1.74. The standard InChI is InChI=1S/C16H19ClN2O/c1-3-19-11-15(8-9-16(19)20)18-12(2)10-13-4-6-14(17)7-5-13/h4-9,11-12,18H,3,10H2,1-2H3. The summed E-state index contributed by atoms with van der Waals surface area (Å²) in [5.74, 6) is 0. The van der Waals surface area contributed by atoms with E-state index in [1.54, 1.807) is 10.6 Å². The van der Waals surface area contributed by atoms with Crippen LogP contribution in [0.4, 0.5) is 5.69 Å². The van der Waals surface area contributed by atoms with Crippen molar-refractivity contribution in [2.24, 2.45) is 0 Å². The minimum atomic E-state index is 0.0309. The van der Waals surface area contributed by atoms with E-state index in [0.717, 1.165) is 17.1 Å². The topological polar surface area (TPSA) is 34.0 Å². The zero-order chi connectivity index (χ0) is 14.5. The van der Waals surface area contributed by atoms with Gasteiger partial charge in [-0.15, -0.1) is 0 Å². The average Bonchev–Trinajstić information content (AvgIpc) is 2.43. The Labute approximate surface area is 124 Å². The maximum Gasteiger partial charge on any atom is 0.250 e. The normalized spacial score (nSPS) is 12.2. The highest BCUT2D eigenvalue weighted by Crippen LogP contribution is 2.13. The molecule has 0 aliphatic rings. The van der Waals surface area contributed by atoms with E-state index in [1.165, 1.54) is 5.56 Å². The number of hydrogen-bond donors (Lipinski definition) is 1. The number of aryl methyl sites for hydroxylation is 1. The minimum absolute atomic E-state index is 0.0309. The largest absolute Gasteiger partial charge is 0.381 e. The van der Waals surface area contributed by atoms with E-state index >= 15 is 0 Å². The molecule has 1 aromatic carbocycles. The van der Waals surface area contributed by atoms with Gasteiger partial charge in [-0.25, -0.2) is 0 Å². The Morgan fingerprint density at radius 2 is 1.90 bits per heavy atom. The molecule has 2 aromatic rings. The van der Waals surface area contributed by atoms with Crippen LogP contribution in [0.3, 0.4) is 0 Å².